The molecular formula is C11H10FN3O2. The van der Waals surface area contributed by atoms with Gasteiger partial charge in [0.15, 0.2) is 5.82 Å². The van der Waals surface area contributed by atoms with Gasteiger partial charge in [0.1, 0.15) is 5.82 Å². The molecule has 5 nitrogen and oxygen atoms in total. The summed E-state index contributed by atoms with van der Waals surface area (Å²) in [5, 5.41) is 5.91. The lowest BCUT2D eigenvalue weighted by atomic mass is 10.1. The number of carbonyl (C=O) groups excluding carboxylic acids is 1. The Morgan fingerprint density at radius 2 is 2.24 bits per heavy atom. The van der Waals surface area contributed by atoms with Gasteiger partial charge in [-0.1, -0.05) is 23.4 Å². The molecule has 0 aliphatic rings. The minimum Gasteiger partial charge on any atom is -0.315 e. The number of aromatic nitrogens is 2. The van der Waals surface area contributed by atoms with Gasteiger partial charge in [-0.15, -0.1) is 0 Å². The van der Waals surface area contributed by atoms with E-state index in [4.69, 9.17) is 4.52 Å². The van der Waals surface area contributed by atoms with E-state index < -0.39 is 11.7 Å². The molecule has 0 saturated carbocycles. The highest BCUT2D eigenvalue weighted by Gasteiger charge is 2.10. The Labute approximate surface area is 96.6 Å². The fourth-order valence-corrected chi connectivity index (χ4v) is 1.33. The molecule has 88 valence electrons. The second-order valence-electron chi connectivity index (χ2n) is 3.46. The Morgan fingerprint density at radius 3 is 2.88 bits per heavy atom. The van der Waals surface area contributed by atoms with Crippen LogP contribution in [0, 0.1) is 12.7 Å². The van der Waals surface area contributed by atoms with E-state index in [1.807, 2.05) is 0 Å². The van der Waals surface area contributed by atoms with Gasteiger partial charge in [-0.05, 0) is 18.6 Å². The van der Waals surface area contributed by atoms with E-state index in [2.05, 4.69) is 15.5 Å². The molecule has 0 bridgehead atoms. The van der Waals surface area contributed by atoms with Crippen molar-refractivity contribution < 1.29 is 13.7 Å². The number of benzene rings is 1. The van der Waals surface area contributed by atoms with Crippen LogP contribution in [0.1, 0.15) is 11.4 Å². The van der Waals surface area contributed by atoms with Crippen LogP contribution in [0.15, 0.2) is 28.8 Å². The van der Waals surface area contributed by atoms with Gasteiger partial charge in [-0.3, -0.25) is 10.1 Å². The summed E-state index contributed by atoms with van der Waals surface area (Å²) < 4.78 is 18.0. The Bertz CT molecular complexity index is 539. The van der Waals surface area contributed by atoms with Crippen molar-refractivity contribution >= 4 is 11.9 Å². The minimum absolute atomic E-state index is 0.0174. The van der Waals surface area contributed by atoms with Crippen molar-refractivity contribution in [3.63, 3.8) is 0 Å². The predicted octanol–water partition coefficient (Wildman–Crippen LogP) is 1.70. The summed E-state index contributed by atoms with van der Waals surface area (Å²) in [4.78, 5) is 15.3. The lowest BCUT2D eigenvalue weighted by Gasteiger charge is -2.01. The van der Waals surface area contributed by atoms with Crippen molar-refractivity contribution in [1.29, 1.82) is 0 Å². The van der Waals surface area contributed by atoms with Crippen molar-refractivity contribution in [2.24, 2.45) is 0 Å². The summed E-state index contributed by atoms with van der Waals surface area (Å²) >= 11 is 0. The Hall–Kier alpha value is -2.24. The molecule has 1 amide bonds. The first kappa shape index (κ1) is 11.3. The molecule has 0 saturated heterocycles. The van der Waals surface area contributed by atoms with E-state index >= 15 is 0 Å². The highest BCUT2D eigenvalue weighted by Crippen LogP contribution is 2.09. The van der Waals surface area contributed by atoms with Gasteiger partial charge < -0.3 is 4.52 Å². The molecule has 0 radical (unpaired) electrons. The number of amides is 1. The molecule has 6 heteroatoms. The quantitative estimate of drug-likeness (QED) is 0.879. The van der Waals surface area contributed by atoms with Gasteiger partial charge in [0, 0.05) is 0 Å². The number of nitrogens with one attached hydrogen (secondary N) is 1. The van der Waals surface area contributed by atoms with Crippen LogP contribution in [0.5, 0.6) is 0 Å². The molecule has 0 atom stereocenters. The van der Waals surface area contributed by atoms with E-state index in [1.165, 1.54) is 6.07 Å². The van der Waals surface area contributed by atoms with Crippen molar-refractivity contribution in [3.8, 4) is 0 Å². The zero-order valence-corrected chi connectivity index (χ0v) is 9.11. The zero-order chi connectivity index (χ0) is 12.3. The van der Waals surface area contributed by atoms with Crippen LogP contribution < -0.4 is 5.32 Å². The molecule has 0 fully saturated rings. The number of carbonyl (C=O) groups is 1. The summed E-state index contributed by atoms with van der Waals surface area (Å²) in [6.45, 7) is 1.63. The number of hydrogen-bond donors (Lipinski definition) is 1. The second-order valence-corrected chi connectivity index (χ2v) is 3.46. The molecule has 0 unspecified atom stereocenters. The van der Waals surface area contributed by atoms with Crippen molar-refractivity contribution in [2.45, 2.75) is 13.3 Å². The normalized spacial score (nSPS) is 10.2. The van der Waals surface area contributed by atoms with E-state index in [1.54, 1.807) is 25.1 Å². The first-order chi connectivity index (χ1) is 8.15. The minimum atomic E-state index is -0.413. The average Bonchev–Trinajstić information content (AvgIpc) is 2.67. The average molecular weight is 235 g/mol. The van der Waals surface area contributed by atoms with Crippen LogP contribution in [0.25, 0.3) is 0 Å². The monoisotopic (exact) mass is 235 g/mol. The van der Waals surface area contributed by atoms with Crippen LogP contribution in [0.3, 0.4) is 0 Å². The van der Waals surface area contributed by atoms with Gasteiger partial charge in [0.25, 0.3) is 0 Å². The summed E-state index contributed by atoms with van der Waals surface area (Å²) in [6, 6.07) is 6.11. The molecule has 1 N–H and O–H groups in total. The van der Waals surface area contributed by atoms with Gasteiger partial charge in [0.05, 0.1) is 6.42 Å². The number of rotatable bonds is 3. The number of halogens is 1. The Kier molecular flexibility index (Phi) is 3.13. The molecule has 1 aromatic carbocycles. The summed E-state index contributed by atoms with van der Waals surface area (Å²) in [6.07, 6.45) is -0.0753. The third-order valence-corrected chi connectivity index (χ3v) is 2.08. The van der Waals surface area contributed by atoms with E-state index in [0.717, 1.165) is 0 Å². The number of hydrogen-bond acceptors (Lipinski definition) is 4. The summed E-state index contributed by atoms with van der Waals surface area (Å²) in [7, 11) is 0. The summed E-state index contributed by atoms with van der Waals surface area (Å²) in [5.41, 5.74) is 0.321. The molecule has 0 spiro atoms. The highest BCUT2D eigenvalue weighted by atomic mass is 19.1. The molecule has 2 rings (SSSR count). The number of aryl methyl sites for hydroxylation is 1. The third kappa shape index (κ3) is 2.87. The Morgan fingerprint density at radius 1 is 1.47 bits per heavy atom. The number of nitrogens with zero attached hydrogens (tertiary/aromatic N) is 2. The molecule has 17 heavy (non-hydrogen) atoms. The largest absolute Gasteiger partial charge is 0.328 e. The first-order valence-electron chi connectivity index (χ1n) is 4.99. The number of anilines is 1. The maximum absolute atomic E-state index is 13.3. The maximum Gasteiger partial charge on any atom is 0.328 e. The van der Waals surface area contributed by atoms with Crippen LogP contribution in [0.4, 0.5) is 10.4 Å². The molecule has 0 aliphatic heterocycles. The van der Waals surface area contributed by atoms with E-state index in [0.29, 0.717) is 11.4 Å². The molecular weight excluding hydrogens is 225 g/mol. The maximum atomic E-state index is 13.3. The fraction of sp³-hybridized carbons (Fsp3) is 0.182. The van der Waals surface area contributed by atoms with Crippen LogP contribution >= 0.6 is 0 Å². The van der Waals surface area contributed by atoms with Gasteiger partial charge in [-0.2, -0.15) is 4.98 Å². The molecule has 0 aliphatic carbocycles. The standard InChI is InChI=1S/C11H10FN3O2/c1-7-13-11(17-15-7)14-10(16)6-8-4-2-3-5-9(8)12/h2-5H,6H2,1H3,(H,13,14,15,16). The van der Waals surface area contributed by atoms with Crippen LogP contribution in [-0.2, 0) is 11.2 Å². The highest BCUT2D eigenvalue weighted by molar-refractivity contribution is 5.90. The lowest BCUT2D eigenvalue weighted by Crippen LogP contribution is -2.15. The lowest BCUT2D eigenvalue weighted by molar-refractivity contribution is -0.115. The van der Waals surface area contributed by atoms with Gasteiger partial charge in [-0.25, -0.2) is 4.39 Å². The third-order valence-electron chi connectivity index (χ3n) is 2.08. The van der Waals surface area contributed by atoms with E-state index in [9.17, 15) is 9.18 Å². The smallest absolute Gasteiger partial charge is 0.315 e. The molecule has 1 heterocycles. The van der Waals surface area contributed by atoms with Crippen molar-refractivity contribution in [1.82, 2.24) is 10.1 Å². The first-order valence-corrected chi connectivity index (χ1v) is 4.99. The second kappa shape index (κ2) is 4.73. The molecule has 1 aromatic heterocycles. The Balaban J connectivity index is 2.01. The predicted molar refractivity (Wildman–Crippen MR) is 57.8 cm³/mol. The summed E-state index contributed by atoms with van der Waals surface area (Å²) in [5.74, 6) is -0.394. The van der Waals surface area contributed by atoms with Crippen molar-refractivity contribution in [2.75, 3.05) is 5.32 Å². The van der Waals surface area contributed by atoms with Gasteiger partial charge in [0.2, 0.25) is 5.91 Å². The topological polar surface area (TPSA) is 68.0 Å². The molecule has 2 aromatic rings. The van der Waals surface area contributed by atoms with E-state index in [-0.39, 0.29) is 12.4 Å². The van der Waals surface area contributed by atoms with Crippen LogP contribution in [0.2, 0.25) is 0 Å². The van der Waals surface area contributed by atoms with Crippen LogP contribution in [-0.4, -0.2) is 16.0 Å². The van der Waals surface area contributed by atoms with Crippen molar-refractivity contribution in [3.05, 3.63) is 41.5 Å². The zero-order valence-electron chi connectivity index (χ0n) is 9.11. The SMILES string of the molecule is Cc1noc(NC(=O)Cc2ccccc2F)n1. The van der Waals surface area contributed by atoms with Gasteiger partial charge >= 0.3 is 6.01 Å². The fourth-order valence-electron chi connectivity index (χ4n) is 1.33.